The van der Waals surface area contributed by atoms with Crippen LogP contribution in [0.5, 0.6) is 0 Å². The SMILES string of the molecule is Cc1c(NC(=O)c2ccc(=O)n(C)c2)cnn1-c1ccccc1. The average Bonchev–Trinajstić information content (AvgIpc) is 2.92. The highest BCUT2D eigenvalue weighted by atomic mass is 16.2. The monoisotopic (exact) mass is 308 g/mol. The van der Waals surface area contributed by atoms with Gasteiger partial charge in [-0.2, -0.15) is 5.10 Å². The van der Waals surface area contributed by atoms with Crippen LogP contribution in [0.1, 0.15) is 16.1 Å². The molecule has 0 aliphatic rings. The Labute approximate surface area is 133 Å². The second-order valence-corrected chi connectivity index (χ2v) is 5.21. The molecule has 2 aromatic heterocycles. The van der Waals surface area contributed by atoms with Gasteiger partial charge in [0.05, 0.1) is 28.8 Å². The van der Waals surface area contributed by atoms with Crippen LogP contribution in [-0.2, 0) is 7.05 Å². The quantitative estimate of drug-likeness (QED) is 0.806. The van der Waals surface area contributed by atoms with Crippen LogP contribution in [0, 0.1) is 6.92 Å². The molecule has 1 amide bonds. The van der Waals surface area contributed by atoms with Crippen molar-refractivity contribution >= 4 is 11.6 Å². The number of rotatable bonds is 3. The highest BCUT2D eigenvalue weighted by molar-refractivity contribution is 6.04. The van der Waals surface area contributed by atoms with Gasteiger partial charge in [0.15, 0.2) is 0 Å². The second-order valence-electron chi connectivity index (χ2n) is 5.21. The average molecular weight is 308 g/mol. The van der Waals surface area contributed by atoms with Crippen molar-refractivity contribution in [1.82, 2.24) is 14.3 Å². The molecule has 6 heteroatoms. The minimum Gasteiger partial charge on any atom is -0.319 e. The molecule has 0 aliphatic heterocycles. The lowest BCUT2D eigenvalue weighted by molar-refractivity contribution is 0.102. The van der Waals surface area contributed by atoms with Crippen LogP contribution in [0.2, 0.25) is 0 Å². The molecule has 2 heterocycles. The summed E-state index contributed by atoms with van der Waals surface area (Å²) in [6.07, 6.45) is 3.12. The van der Waals surface area contributed by atoms with Crippen molar-refractivity contribution in [3.05, 3.63) is 76.5 Å². The number of carbonyl (C=O) groups excluding carboxylic acids is 1. The number of aryl methyl sites for hydroxylation is 1. The summed E-state index contributed by atoms with van der Waals surface area (Å²) in [6.45, 7) is 1.89. The summed E-state index contributed by atoms with van der Waals surface area (Å²) in [5.74, 6) is -0.281. The molecule has 0 radical (unpaired) electrons. The summed E-state index contributed by atoms with van der Waals surface area (Å²) in [5.41, 5.74) is 2.64. The number of nitrogens with one attached hydrogen (secondary N) is 1. The van der Waals surface area contributed by atoms with Crippen molar-refractivity contribution in [1.29, 1.82) is 0 Å². The topological polar surface area (TPSA) is 68.9 Å². The summed E-state index contributed by atoms with van der Waals surface area (Å²) in [7, 11) is 1.61. The lowest BCUT2D eigenvalue weighted by Gasteiger charge is -2.07. The summed E-state index contributed by atoms with van der Waals surface area (Å²) in [4.78, 5) is 23.7. The molecule has 1 N–H and O–H groups in total. The molecule has 0 atom stereocenters. The number of para-hydroxylation sites is 1. The Morgan fingerprint density at radius 3 is 2.57 bits per heavy atom. The maximum absolute atomic E-state index is 12.3. The smallest absolute Gasteiger partial charge is 0.257 e. The zero-order valence-corrected chi connectivity index (χ0v) is 12.9. The molecule has 0 unspecified atom stereocenters. The second kappa shape index (κ2) is 5.92. The molecule has 6 nitrogen and oxygen atoms in total. The first kappa shape index (κ1) is 14.8. The van der Waals surface area contributed by atoms with Crippen LogP contribution in [0.25, 0.3) is 5.69 Å². The standard InChI is InChI=1S/C17H16N4O2/c1-12-15(10-18-21(12)14-6-4-3-5-7-14)19-17(23)13-8-9-16(22)20(2)11-13/h3-11H,1-2H3,(H,19,23). The molecule has 0 saturated heterocycles. The van der Waals surface area contributed by atoms with E-state index in [0.29, 0.717) is 11.3 Å². The number of amides is 1. The Morgan fingerprint density at radius 2 is 1.87 bits per heavy atom. The van der Waals surface area contributed by atoms with Gasteiger partial charge in [-0.15, -0.1) is 0 Å². The minimum atomic E-state index is -0.281. The predicted octanol–water partition coefficient (Wildman–Crippen LogP) is 2.13. The van der Waals surface area contributed by atoms with E-state index in [1.54, 1.807) is 17.9 Å². The van der Waals surface area contributed by atoms with Crippen LogP contribution in [0.3, 0.4) is 0 Å². The minimum absolute atomic E-state index is 0.158. The molecule has 23 heavy (non-hydrogen) atoms. The first-order valence-electron chi connectivity index (χ1n) is 7.14. The maximum atomic E-state index is 12.3. The predicted molar refractivity (Wildman–Crippen MR) is 87.9 cm³/mol. The van der Waals surface area contributed by atoms with Gasteiger partial charge in [0.1, 0.15) is 0 Å². The Morgan fingerprint density at radius 1 is 1.13 bits per heavy atom. The van der Waals surface area contributed by atoms with Crippen molar-refractivity contribution < 1.29 is 4.79 Å². The fourth-order valence-corrected chi connectivity index (χ4v) is 2.28. The Kier molecular flexibility index (Phi) is 3.80. The molecule has 0 saturated carbocycles. The van der Waals surface area contributed by atoms with Gasteiger partial charge in [0, 0.05) is 19.3 Å². The molecule has 0 spiro atoms. The number of hydrogen-bond donors (Lipinski definition) is 1. The number of anilines is 1. The zero-order chi connectivity index (χ0) is 16.4. The van der Waals surface area contributed by atoms with Gasteiger partial charge in [-0.3, -0.25) is 9.59 Å². The van der Waals surface area contributed by atoms with E-state index < -0.39 is 0 Å². The Bertz CT molecular complexity index is 910. The lowest BCUT2D eigenvalue weighted by Crippen LogP contribution is -2.19. The first-order chi connectivity index (χ1) is 11.1. The van der Waals surface area contributed by atoms with Crippen molar-refractivity contribution in [2.45, 2.75) is 6.92 Å². The van der Waals surface area contributed by atoms with Gasteiger partial charge in [-0.05, 0) is 25.1 Å². The van der Waals surface area contributed by atoms with E-state index in [1.165, 1.54) is 22.9 Å². The van der Waals surface area contributed by atoms with Gasteiger partial charge >= 0.3 is 0 Å². The van der Waals surface area contributed by atoms with Gasteiger partial charge in [-0.25, -0.2) is 4.68 Å². The number of aromatic nitrogens is 3. The van der Waals surface area contributed by atoms with E-state index in [4.69, 9.17) is 0 Å². The first-order valence-corrected chi connectivity index (χ1v) is 7.14. The van der Waals surface area contributed by atoms with Crippen LogP contribution >= 0.6 is 0 Å². The molecule has 3 rings (SSSR count). The van der Waals surface area contributed by atoms with Gasteiger partial charge in [0.25, 0.3) is 5.91 Å². The number of carbonyl (C=O) groups is 1. The summed E-state index contributed by atoms with van der Waals surface area (Å²) < 4.78 is 3.13. The third-order valence-electron chi connectivity index (χ3n) is 3.61. The van der Waals surface area contributed by atoms with Crippen LogP contribution < -0.4 is 10.9 Å². The van der Waals surface area contributed by atoms with E-state index in [9.17, 15) is 9.59 Å². The van der Waals surface area contributed by atoms with Crippen molar-refractivity contribution in [2.75, 3.05) is 5.32 Å². The van der Waals surface area contributed by atoms with Crippen LogP contribution in [-0.4, -0.2) is 20.3 Å². The fraction of sp³-hybridized carbons (Fsp3) is 0.118. The number of benzene rings is 1. The molecule has 0 fully saturated rings. The van der Waals surface area contributed by atoms with Gasteiger partial charge < -0.3 is 9.88 Å². The van der Waals surface area contributed by atoms with E-state index >= 15 is 0 Å². The molecule has 0 bridgehead atoms. The Balaban J connectivity index is 1.86. The Hall–Kier alpha value is -3.15. The third-order valence-corrected chi connectivity index (χ3v) is 3.61. The molecular formula is C17H16N4O2. The summed E-state index contributed by atoms with van der Waals surface area (Å²) in [6, 6.07) is 12.6. The van der Waals surface area contributed by atoms with Crippen molar-refractivity contribution in [2.24, 2.45) is 7.05 Å². The van der Waals surface area contributed by atoms with Crippen molar-refractivity contribution in [3.8, 4) is 5.69 Å². The normalized spacial score (nSPS) is 10.5. The molecule has 116 valence electrons. The van der Waals surface area contributed by atoms with Crippen LogP contribution in [0.4, 0.5) is 5.69 Å². The number of hydrogen-bond acceptors (Lipinski definition) is 3. The largest absolute Gasteiger partial charge is 0.319 e. The van der Waals surface area contributed by atoms with E-state index in [1.807, 2.05) is 37.3 Å². The maximum Gasteiger partial charge on any atom is 0.257 e. The fourth-order valence-electron chi connectivity index (χ4n) is 2.28. The van der Waals surface area contributed by atoms with E-state index in [-0.39, 0.29) is 11.5 Å². The lowest BCUT2D eigenvalue weighted by atomic mass is 10.2. The number of pyridine rings is 1. The highest BCUT2D eigenvalue weighted by Crippen LogP contribution is 2.18. The highest BCUT2D eigenvalue weighted by Gasteiger charge is 2.12. The van der Waals surface area contributed by atoms with Crippen molar-refractivity contribution in [3.63, 3.8) is 0 Å². The molecule has 3 aromatic rings. The molecule has 0 aliphatic carbocycles. The van der Waals surface area contributed by atoms with Gasteiger partial charge in [0.2, 0.25) is 5.56 Å². The van der Waals surface area contributed by atoms with Gasteiger partial charge in [-0.1, -0.05) is 18.2 Å². The van der Waals surface area contributed by atoms with E-state index in [2.05, 4.69) is 10.4 Å². The summed E-state index contributed by atoms with van der Waals surface area (Å²) >= 11 is 0. The van der Waals surface area contributed by atoms with Crippen LogP contribution in [0.15, 0.2) is 59.7 Å². The molecule has 1 aromatic carbocycles. The zero-order valence-electron chi connectivity index (χ0n) is 12.9. The number of nitrogens with zero attached hydrogens (tertiary/aromatic N) is 3. The summed E-state index contributed by atoms with van der Waals surface area (Å²) in [5, 5.41) is 7.14. The molecular weight excluding hydrogens is 292 g/mol. The third kappa shape index (κ3) is 2.91. The van der Waals surface area contributed by atoms with E-state index in [0.717, 1.165) is 11.4 Å².